The SMILES string of the molecule is O=C(O)c1n[nH]nc1Nc1cccc(F)c1. The molecule has 0 aliphatic heterocycles. The predicted molar refractivity (Wildman–Crippen MR) is 53.0 cm³/mol. The number of nitrogens with one attached hydrogen (secondary N) is 2. The van der Waals surface area contributed by atoms with E-state index in [0.29, 0.717) is 5.69 Å². The Bertz CT molecular complexity index is 526. The fraction of sp³-hybridized carbons (Fsp3) is 0. The van der Waals surface area contributed by atoms with Gasteiger partial charge in [0.2, 0.25) is 5.69 Å². The predicted octanol–water partition coefficient (Wildman–Crippen LogP) is 1.39. The van der Waals surface area contributed by atoms with Gasteiger partial charge in [-0.25, -0.2) is 9.18 Å². The monoisotopic (exact) mass is 222 g/mol. The minimum absolute atomic E-state index is 0.0399. The van der Waals surface area contributed by atoms with Crippen LogP contribution in [0.25, 0.3) is 0 Å². The number of halogens is 1. The number of H-pyrrole nitrogens is 1. The van der Waals surface area contributed by atoms with Gasteiger partial charge in [0.15, 0.2) is 5.82 Å². The number of aromatic nitrogens is 3. The number of carboxylic acid groups (broad SMARTS) is 1. The standard InChI is InChI=1S/C9H7FN4O2/c10-5-2-1-3-6(4-5)11-8-7(9(15)16)12-14-13-8/h1-4H,(H,15,16)(H2,11,12,13,14). The van der Waals surface area contributed by atoms with Gasteiger partial charge in [0.1, 0.15) is 5.82 Å². The average Bonchev–Trinajstić information content (AvgIpc) is 2.66. The van der Waals surface area contributed by atoms with Crippen molar-refractivity contribution in [2.24, 2.45) is 0 Å². The van der Waals surface area contributed by atoms with Gasteiger partial charge in [-0.1, -0.05) is 6.07 Å². The highest BCUT2D eigenvalue weighted by molar-refractivity contribution is 5.91. The molecule has 0 saturated carbocycles. The summed E-state index contributed by atoms with van der Waals surface area (Å²) in [6.45, 7) is 0. The van der Waals surface area contributed by atoms with Gasteiger partial charge in [-0.2, -0.15) is 5.21 Å². The molecule has 3 N–H and O–H groups in total. The molecule has 0 aliphatic rings. The summed E-state index contributed by atoms with van der Waals surface area (Å²) in [7, 11) is 0. The van der Waals surface area contributed by atoms with Crippen molar-refractivity contribution in [3.63, 3.8) is 0 Å². The van der Waals surface area contributed by atoms with Crippen molar-refractivity contribution in [1.82, 2.24) is 15.4 Å². The molecule has 2 rings (SSSR count). The third-order valence-electron chi connectivity index (χ3n) is 1.84. The smallest absolute Gasteiger partial charge is 0.360 e. The lowest BCUT2D eigenvalue weighted by Gasteiger charge is -2.02. The molecule has 1 aromatic heterocycles. The molecule has 1 heterocycles. The number of hydrogen-bond donors (Lipinski definition) is 3. The zero-order valence-electron chi connectivity index (χ0n) is 7.94. The second-order valence-corrected chi connectivity index (χ2v) is 2.96. The van der Waals surface area contributed by atoms with Gasteiger partial charge in [0, 0.05) is 5.69 Å². The van der Waals surface area contributed by atoms with Crippen LogP contribution in [0.1, 0.15) is 10.5 Å². The number of aromatic amines is 1. The van der Waals surface area contributed by atoms with Crippen LogP contribution in [0, 0.1) is 5.82 Å². The summed E-state index contributed by atoms with van der Waals surface area (Å²) < 4.78 is 12.9. The molecule has 0 saturated heterocycles. The lowest BCUT2D eigenvalue weighted by Crippen LogP contribution is -2.02. The zero-order chi connectivity index (χ0) is 11.5. The van der Waals surface area contributed by atoms with Gasteiger partial charge in [-0.05, 0) is 18.2 Å². The number of hydrogen-bond acceptors (Lipinski definition) is 4. The Labute approximate surface area is 89.1 Å². The number of carbonyl (C=O) groups is 1. The molecule has 0 unspecified atom stereocenters. The Morgan fingerprint density at radius 1 is 1.44 bits per heavy atom. The van der Waals surface area contributed by atoms with Crippen molar-refractivity contribution in [3.05, 3.63) is 35.8 Å². The zero-order valence-corrected chi connectivity index (χ0v) is 7.94. The number of aromatic carboxylic acids is 1. The van der Waals surface area contributed by atoms with E-state index in [0.717, 1.165) is 0 Å². The van der Waals surface area contributed by atoms with E-state index in [2.05, 4.69) is 20.7 Å². The third-order valence-corrected chi connectivity index (χ3v) is 1.84. The average molecular weight is 222 g/mol. The van der Waals surface area contributed by atoms with Crippen LogP contribution in [0.4, 0.5) is 15.9 Å². The van der Waals surface area contributed by atoms with Gasteiger partial charge in [-0.3, -0.25) is 0 Å². The largest absolute Gasteiger partial charge is 0.476 e. The highest BCUT2D eigenvalue weighted by atomic mass is 19.1. The fourth-order valence-corrected chi connectivity index (χ4v) is 1.17. The number of nitrogens with zero attached hydrogens (tertiary/aromatic N) is 2. The molecule has 0 amide bonds. The van der Waals surface area contributed by atoms with E-state index >= 15 is 0 Å². The van der Waals surface area contributed by atoms with Crippen LogP contribution in [0.5, 0.6) is 0 Å². The summed E-state index contributed by atoms with van der Waals surface area (Å²) in [6.07, 6.45) is 0. The lowest BCUT2D eigenvalue weighted by molar-refractivity contribution is 0.0691. The van der Waals surface area contributed by atoms with E-state index < -0.39 is 11.8 Å². The highest BCUT2D eigenvalue weighted by Gasteiger charge is 2.14. The third kappa shape index (κ3) is 1.97. The van der Waals surface area contributed by atoms with Crippen molar-refractivity contribution in [1.29, 1.82) is 0 Å². The summed E-state index contributed by atoms with van der Waals surface area (Å²) in [5.41, 5.74) is 0.153. The van der Waals surface area contributed by atoms with Crippen LogP contribution in [0.15, 0.2) is 24.3 Å². The Morgan fingerprint density at radius 3 is 2.94 bits per heavy atom. The number of rotatable bonds is 3. The molecule has 0 atom stereocenters. The Kier molecular flexibility index (Phi) is 2.50. The maximum Gasteiger partial charge on any atom is 0.360 e. The molecule has 16 heavy (non-hydrogen) atoms. The van der Waals surface area contributed by atoms with Crippen LogP contribution in [-0.2, 0) is 0 Å². The summed E-state index contributed by atoms with van der Waals surface area (Å²) in [6, 6.07) is 5.59. The molecule has 2 aromatic rings. The second-order valence-electron chi connectivity index (χ2n) is 2.96. The summed E-state index contributed by atoms with van der Waals surface area (Å²) in [4.78, 5) is 10.7. The van der Waals surface area contributed by atoms with Crippen LogP contribution in [0.3, 0.4) is 0 Å². The minimum Gasteiger partial charge on any atom is -0.476 e. The fourth-order valence-electron chi connectivity index (χ4n) is 1.17. The molecule has 6 nitrogen and oxygen atoms in total. The van der Waals surface area contributed by atoms with Crippen molar-refractivity contribution in [2.75, 3.05) is 5.32 Å². The van der Waals surface area contributed by atoms with Gasteiger partial charge in [0.05, 0.1) is 0 Å². The number of benzene rings is 1. The van der Waals surface area contributed by atoms with Crippen LogP contribution in [-0.4, -0.2) is 26.5 Å². The Morgan fingerprint density at radius 2 is 2.25 bits per heavy atom. The first-order valence-corrected chi connectivity index (χ1v) is 4.33. The van der Waals surface area contributed by atoms with Crippen LogP contribution < -0.4 is 5.32 Å². The number of carboxylic acids is 1. The maximum absolute atomic E-state index is 12.9. The first-order valence-electron chi connectivity index (χ1n) is 4.33. The molecular weight excluding hydrogens is 215 g/mol. The van der Waals surface area contributed by atoms with Gasteiger partial charge < -0.3 is 10.4 Å². The molecule has 1 aromatic carbocycles. The summed E-state index contributed by atoms with van der Waals surface area (Å²) >= 11 is 0. The molecule has 0 fully saturated rings. The molecule has 0 spiro atoms. The quantitative estimate of drug-likeness (QED) is 0.729. The van der Waals surface area contributed by atoms with Crippen LogP contribution in [0.2, 0.25) is 0 Å². The highest BCUT2D eigenvalue weighted by Crippen LogP contribution is 2.17. The van der Waals surface area contributed by atoms with E-state index in [1.165, 1.54) is 18.2 Å². The first kappa shape index (κ1) is 10.1. The second kappa shape index (κ2) is 3.97. The van der Waals surface area contributed by atoms with Crippen molar-refractivity contribution >= 4 is 17.5 Å². The Balaban J connectivity index is 2.27. The molecule has 7 heteroatoms. The lowest BCUT2D eigenvalue weighted by atomic mass is 10.3. The van der Waals surface area contributed by atoms with E-state index in [4.69, 9.17) is 5.11 Å². The topological polar surface area (TPSA) is 90.9 Å². The summed E-state index contributed by atoms with van der Waals surface area (Å²) in [5.74, 6) is -1.60. The van der Waals surface area contributed by atoms with Crippen molar-refractivity contribution < 1.29 is 14.3 Å². The molecule has 0 aliphatic carbocycles. The van der Waals surface area contributed by atoms with Gasteiger partial charge in [0.25, 0.3) is 0 Å². The normalized spacial score (nSPS) is 10.1. The van der Waals surface area contributed by atoms with E-state index in [1.807, 2.05) is 0 Å². The van der Waals surface area contributed by atoms with Gasteiger partial charge >= 0.3 is 5.97 Å². The molecule has 0 radical (unpaired) electrons. The molecular formula is C9H7FN4O2. The van der Waals surface area contributed by atoms with Crippen LogP contribution >= 0.6 is 0 Å². The van der Waals surface area contributed by atoms with E-state index in [-0.39, 0.29) is 11.5 Å². The number of anilines is 2. The van der Waals surface area contributed by atoms with Gasteiger partial charge in [-0.15, -0.1) is 10.2 Å². The van der Waals surface area contributed by atoms with Crippen molar-refractivity contribution in [2.45, 2.75) is 0 Å². The maximum atomic E-state index is 12.9. The van der Waals surface area contributed by atoms with E-state index in [1.54, 1.807) is 6.07 Å². The molecule has 82 valence electrons. The first-order chi connectivity index (χ1) is 7.66. The Hall–Kier alpha value is -2.44. The summed E-state index contributed by atoms with van der Waals surface area (Å²) in [5, 5.41) is 20.6. The van der Waals surface area contributed by atoms with E-state index in [9.17, 15) is 9.18 Å². The minimum atomic E-state index is -1.22. The van der Waals surface area contributed by atoms with Crippen molar-refractivity contribution in [3.8, 4) is 0 Å². The molecule has 0 bridgehead atoms.